The molecular formula is C15H15BrN2O2. The maximum Gasteiger partial charge on any atom is 0.354 e. The molecule has 0 spiro atoms. The zero-order valence-electron chi connectivity index (χ0n) is 11.2. The number of hydrogen-bond acceptors (Lipinski definition) is 2. The number of imidazole rings is 1. The Morgan fingerprint density at radius 3 is 2.95 bits per heavy atom. The fourth-order valence-electron chi connectivity index (χ4n) is 2.74. The number of carbonyl (C=O) groups is 1. The Balaban J connectivity index is 2.25. The van der Waals surface area contributed by atoms with Gasteiger partial charge in [0.2, 0.25) is 0 Å². The molecule has 0 aliphatic carbocycles. The van der Waals surface area contributed by atoms with Gasteiger partial charge >= 0.3 is 5.97 Å². The second-order valence-corrected chi connectivity index (χ2v) is 6.01. The summed E-state index contributed by atoms with van der Waals surface area (Å²) < 4.78 is 2.79. The number of halogens is 1. The lowest BCUT2D eigenvalue weighted by Crippen LogP contribution is -2.16. The zero-order valence-corrected chi connectivity index (χ0v) is 12.8. The van der Waals surface area contributed by atoms with Gasteiger partial charge in [-0.05, 0) is 37.5 Å². The normalized spacial score (nSPS) is 14.1. The van der Waals surface area contributed by atoms with Gasteiger partial charge in [-0.15, -0.1) is 0 Å². The van der Waals surface area contributed by atoms with E-state index in [4.69, 9.17) is 0 Å². The number of rotatable bonds is 2. The molecule has 1 aliphatic rings. The molecular weight excluding hydrogens is 320 g/mol. The average Bonchev–Trinajstić information content (AvgIpc) is 2.80. The fourth-order valence-corrected chi connectivity index (χ4v) is 3.10. The number of carboxylic acid groups (broad SMARTS) is 1. The number of nitrogens with zero attached hydrogens (tertiary/aromatic N) is 2. The number of fused-ring (bicyclic) bond motifs is 1. The third-order valence-electron chi connectivity index (χ3n) is 3.74. The van der Waals surface area contributed by atoms with Gasteiger partial charge in [0.1, 0.15) is 11.5 Å². The van der Waals surface area contributed by atoms with Crippen LogP contribution in [0.2, 0.25) is 0 Å². The summed E-state index contributed by atoms with van der Waals surface area (Å²) in [6.07, 6.45) is 2.95. The van der Waals surface area contributed by atoms with E-state index in [-0.39, 0.29) is 0 Å². The first-order chi connectivity index (χ1) is 9.58. The Labute approximate surface area is 125 Å². The molecule has 0 saturated carbocycles. The fraction of sp³-hybridized carbons (Fsp3) is 0.333. The van der Waals surface area contributed by atoms with Crippen LogP contribution in [0.3, 0.4) is 0 Å². The van der Waals surface area contributed by atoms with E-state index < -0.39 is 5.97 Å². The van der Waals surface area contributed by atoms with E-state index in [1.165, 1.54) is 0 Å². The summed E-state index contributed by atoms with van der Waals surface area (Å²) in [7, 11) is 0. The van der Waals surface area contributed by atoms with Crippen molar-refractivity contribution in [2.24, 2.45) is 0 Å². The second kappa shape index (κ2) is 5.05. The highest BCUT2D eigenvalue weighted by molar-refractivity contribution is 9.10. The standard InChI is InChI=1S/C15H15BrN2O2/c1-9-5-6-10(16)8-11(9)13-14(15(19)20)18-7-3-2-4-12(18)17-13/h5-6,8H,2-4,7H2,1H3,(H,19,20). The predicted molar refractivity (Wildman–Crippen MR) is 80.0 cm³/mol. The highest BCUT2D eigenvalue weighted by atomic mass is 79.9. The van der Waals surface area contributed by atoms with Crippen LogP contribution in [0, 0.1) is 6.92 Å². The van der Waals surface area contributed by atoms with Crippen LogP contribution >= 0.6 is 15.9 Å². The third-order valence-corrected chi connectivity index (χ3v) is 4.23. The Morgan fingerprint density at radius 1 is 1.40 bits per heavy atom. The Kier molecular flexibility index (Phi) is 3.38. The van der Waals surface area contributed by atoms with Gasteiger partial charge in [0.05, 0.1) is 0 Å². The van der Waals surface area contributed by atoms with Crippen LogP contribution in [-0.2, 0) is 13.0 Å². The van der Waals surface area contributed by atoms with Crippen molar-refractivity contribution in [1.82, 2.24) is 9.55 Å². The van der Waals surface area contributed by atoms with Crippen molar-refractivity contribution >= 4 is 21.9 Å². The van der Waals surface area contributed by atoms with Crippen molar-refractivity contribution < 1.29 is 9.90 Å². The van der Waals surface area contributed by atoms with Gasteiger partial charge < -0.3 is 9.67 Å². The van der Waals surface area contributed by atoms with Crippen LogP contribution in [-0.4, -0.2) is 20.6 Å². The molecule has 0 fully saturated rings. The monoisotopic (exact) mass is 334 g/mol. The maximum atomic E-state index is 11.7. The molecule has 0 bridgehead atoms. The van der Waals surface area contributed by atoms with Crippen molar-refractivity contribution in [3.8, 4) is 11.3 Å². The van der Waals surface area contributed by atoms with Gasteiger partial charge in [0, 0.05) is 23.0 Å². The molecule has 104 valence electrons. The molecule has 0 unspecified atom stereocenters. The van der Waals surface area contributed by atoms with E-state index in [0.717, 1.165) is 47.2 Å². The molecule has 5 heteroatoms. The molecule has 1 aromatic heterocycles. The summed E-state index contributed by atoms with van der Waals surface area (Å²) in [5.74, 6) is -0.0111. The molecule has 1 N–H and O–H groups in total. The van der Waals surface area contributed by atoms with Gasteiger partial charge in [-0.25, -0.2) is 9.78 Å². The number of aryl methyl sites for hydroxylation is 2. The van der Waals surface area contributed by atoms with Gasteiger partial charge in [-0.2, -0.15) is 0 Å². The van der Waals surface area contributed by atoms with Crippen LogP contribution in [0.1, 0.15) is 34.7 Å². The lowest BCUT2D eigenvalue weighted by atomic mass is 10.0. The van der Waals surface area contributed by atoms with Crippen molar-refractivity contribution in [1.29, 1.82) is 0 Å². The van der Waals surface area contributed by atoms with Crippen LogP contribution in [0.15, 0.2) is 22.7 Å². The lowest BCUT2D eigenvalue weighted by molar-refractivity contribution is 0.0684. The van der Waals surface area contributed by atoms with Crippen molar-refractivity contribution in [3.05, 3.63) is 39.8 Å². The highest BCUT2D eigenvalue weighted by Crippen LogP contribution is 2.31. The topological polar surface area (TPSA) is 55.1 Å². The van der Waals surface area contributed by atoms with Gasteiger partial charge in [-0.1, -0.05) is 22.0 Å². The quantitative estimate of drug-likeness (QED) is 0.911. The summed E-state index contributed by atoms with van der Waals surface area (Å²) in [6, 6.07) is 5.87. The summed E-state index contributed by atoms with van der Waals surface area (Å²) in [6.45, 7) is 2.72. The van der Waals surface area contributed by atoms with E-state index in [1.54, 1.807) is 0 Å². The summed E-state index contributed by atoms with van der Waals surface area (Å²) in [4.78, 5) is 16.3. The van der Waals surface area contributed by atoms with Gasteiger partial charge in [0.25, 0.3) is 0 Å². The van der Waals surface area contributed by atoms with E-state index >= 15 is 0 Å². The average molecular weight is 335 g/mol. The Morgan fingerprint density at radius 2 is 2.20 bits per heavy atom. The molecule has 0 atom stereocenters. The first-order valence-electron chi connectivity index (χ1n) is 6.67. The smallest absolute Gasteiger partial charge is 0.354 e. The molecule has 0 radical (unpaired) electrons. The zero-order chi connectivity index (χ0) is 14.3. The van der Waals surface area contributed by atoms with E-state index in [1.807, 2.05) is 29.7 Å². The molecule has 2 heterocycles. The van der Waals surface area contributed by atoms with E-state index in [0.29, 0.717) is 11.4 Å². The number of carboxylic acids is 1. The van der Waals surface area contributed by atoms with Crippen molar-refractivity contribution in [2.75, 3.05) is 0 Å². The largest absolute Gasteiger partial charge is 0.477 e. The van der Waals surface area contributed by atoms with Crippen molar-refractivity contribution in [2.45, 2.75) is 32.7 Å². The van der Waals surface area contributed by atoms with Crippen LogP contribution < -0.4 is 0 Å². The minimum absolute atomic E-state index is 0.320. The second-order valence-electron chi connectivity index (χ2n) is 5.10. The maximum absolute atomic E-state index is 11.7. The molecule has 0 saturated heterocycles. The number of aromatic nitrogens is 2. The molecule has 4 nitrogen and oxygen atoms in total. The third kappa shape index (κ3) is 2.16. The summed E-state index contributed by atoms with van der Waals surface area (Å²) in [5, 5.41) is 9.56. The van der Waals surface area contributed by atoms with Gasteiger partial charge in [-0.3, -0.25) is 0 Å². The summed E-state index contributed by atoms with van der Waals surface area (Å²) >= 11 is 3.44. The Bertz CT molecular complexity index is 691. The first kappa shape index (κ1) is 13.4. The number of benzene rings is 1. The van der Waals surface area contributed by atoms with Crippen LogP contribution in [0.25, 0.3) is 11.3 Å². The molecule has 0 amide bonds. The number of hydrogen-bond donors (Lipinski definition) is 1. The molecule has 1 aromatic carbocycles. The van der Waals surface area contributed by atoms with Crippen LogP contribution in [0.5, 0.6) is 0 Å². The minimum Gasteiger partial charge on any atom is -0.477 e. The van der Waals surface area contributed by atoms with E-state index in [2.05, 4.69) is 20.9 Å². The van der Waals surface area contributed by atoms with Crippen molar-refractivity contribution in [3.63, 3.8) is 0 Å². The molecule has 20 heavy (non-hydrogen) atoms. The number of aromatic carboxylic acids is 1. The minimum atomic E-state index is -0.903. The Hall–Kier alpha value is -1.62. The lowest BCUT2D eigenvalue weighted by Gasteiger charge is -2.14. The molecule has 2 aromatic rings. The van der Waals surface area contributed by atoms with Gasteiger partial charge in [0.15, 0.2) is 5.69 Å². The first-order valence-corrected chi connectivity index (χ1v) is 7.46. The predicted octanol–water partition coefficient (Wildman–Crippen LogP) is 3.66. The highest BCUT2D eigenvalue weighted by Gasteiger charge is 2.25. The summed E-state index contributed by atoms with van der Waals surface area (Å²) in [5.41, 5.74) is 2.83. The molecule has 3 rings (SSSR count). The molecule has 1 aliphatic heterocycles. The SMILES string of the molecule is Cc1ccc(Br)cc1-c1nc2n(c1C(=O)O)CCCC2. The van der Waals surface area contributed by atoms with Crippen LogP contribution in [0.4, 0.5) is 0 Å². The van der Waals surface area contributed by atoms with E-state index in [9.17, 15) is 9.90 Å².